The number of aryl methyl sites for hydroxylation is 2. The fourth-order valence-corrected chi connectivity index (χ4v) is 3.78. The molecule has 1 saturated heterocycles. The van der Waals surface area contributed by atoms with Crippen LogP contribution >= 0.6 is 11.8 Å². The SMILES string of the molecule is Cc1cc(C)n2c(SCC(=O)N3C[C@@H](C)O[C@@H](C)C3)nnc2n1. The van der Waals surface area contributed by atoms with Crippen molar-refractivity contribution < 1.29 is 9.53 Å². The zero-order valence-electron chi connectivity index (χ0n) is 13.8. The van der Waals surface area contributed by atoms with Crippen LogP contribution in [-0.2, 0) is 9.53 Å². The summed E-state index contributed by atoms with van der Waals surface area (Å²) in [5.41, 5.74) is 1.92. The van der Waals surface area contributed by atoms with Gasteiger partial charge in [0.1, 0.15) is 0 Å². The van der Waals surface area contributed by atoms with Crippen molar-refractivity contribution in [1.29, 1.82) is 0 Å². The minimum absolute atomic E-state index is 0.0797. The van der Waals surface area contributed by atoms with Crippen LogP contribution in [0.2, 0.25) is 0 Å². The summed E-state index contributed by atoms with van der Waals surface area (Å²) in [7, 11) is 0. The summed E-state index contributed by atoms with van der Waals surface area (Å²) in [6.45, 7) is 9.19. The van der Waals surface area contributed by atoms with Crippen LogP contribution in [0.3, 0.4) is 0 Å². The van der Waals surface area contributed by atoms with E-state index in [0.717, 1.165) is 11.4 Å². The van der Waals surface area contributed by atoms with Gasteiger partial charge in [-0.05, 0) is 33.8 Å². The zero-order valence-corrected chi connectivity index (χ0v) is 14.6. The van der Waals surface area contributed by atoms with Gasteiger partial charge in [-0.15, -0.1) is 10.2 Å². The lowest BCUT2D eigenvalue weighted by atomic mass is 10.2. The highest BCUT2D eigenvalue weighted by Crippen LogP contribution is 2.20. The molecular weight excluding hydrogens is 314 g/mol. The summed E-state index contributed by atoms with van der Waals surface area (Å²) in [6.07, 6.45) is 0.159. The van der Waals surface area contributed by atoms with Gasteiger partial charge >= 0.3 is 0 Å². The third-order valence-corrected chi connectivity index (χ3v) is 4.67. The van der Waals surface area contributed by atoms with Crippen LogP contribution in [-0.4, -0.2) is 61.4 Å². The molecule has 1 fully saturated rings. The van der Waals surface area contributed by atoms with Gasteiger partial charge in [0.15, 0.2) is 5.16 Å². The number of aromatic nitrogens is 4. The lowest BCUT2D eigenvalue weighted by Crippen LogP contribution is -2.48. The van der Waals surface area contributed by atoms with Crippen molar-refractivity contribution >= 4 is 23.4 Å². The van der Waals surface area contributed by atoms with E-state index in [1.807, 2.05) is 43.1 Å². The van der Waals surface area contributed by atoms with Gasteiger partial charge in [-0.2, -0.15) is 0 Å². The predicted molar refractivity (Wildman–Crippen MR) is 87.6 cm³/mol. The summed E-state index contributed by atoms with van der Waals surface area (Å²) in [6, 6.07) is 1.98. The van der Waals surface area contributed by atoms with Crippen molar-refractivity contribution in [2.75, 3.05) is 18.8 Å². The first-order valence-corrected chi connectivity index (χ1v) is 8.68. The summed E-state index contributed by atoms with van der Waals surface area (Å²) >= 11 is 1.40. The Morgan fingerprint density at radius 1 is 1.30 bits per heavy atom. The van der Waals surface area contributed by atoms with Crippen molar-refractivity contribution in [3.63, 3.8) is 0 Å². The lowest BCUT2D eigenvalue weighted by molar-refractivity contribution is -0.140. The van der Waals surface area contributed by atoms with Crippen LogP contribution in [0.5, 0.6) is 0 Å². The molecule has 0 aromatic carbocycles. The molecule has 124 valence electrons. The largest absolute Gasteiger partial charge is 0.372 e. The maximum atomic E-state index is 12.4. The number of hydrogen-bond donors (Lipinski definition) is 0. The highest BCUT2D eigenvalue weighted by atomic mass is 32.2. The molecule has 2 aromatic rings. The first-order valence-electron chi connectivity index (χ1n) is 7.69. The number of hydrogen-bond acceptors (Lipinski definition) is 6. The molecule has 2 atom stereocenters. The highest BCUT2D eigenvalue weighted by molar-refractivity contribution is 7.99. The van der Waals surface area contributed by atoms with E-state index < -0.39 is 0 Å². The molecule has 7 nitrogen and oxygen atoms in total. The summed E-state index contributed by atoms with van der Waals surface area (Å²) in [5, 5.41) is 8.95. The number of rotatable bonds is 3. The topological polar surface area (TPSA) is 72.6 Å². The Balaban J connectivity index is 1.70. The molecule has 0 spiro atoms. The lowest BCUT2D eigenvalue weighted by Gasteiger charge is -2.35. The normalized spacial score (nSPS) is 21.8. The van der Waals surface area contributed by atoms with Gasteiger partial charge in [0.05, 0.1) is 18.0 Å². The van der Waals surface area contributed by atoms with E-state index >= 15 is 0 Å². The fourth-order valence-electron chi connectivity index (χ4n) is 2.89. The van der Waals surface area contributed by atoms with Crippen LogP contribution in [0.4, 0.5) is 0 Å². The molecule has 8 heteroatoms. The van der Waals surface area contributed by atoms with E-state index in [-0.39, 0.29) is 18.1 Å². The van der Waals surface area contributed by atoms with Crippen molar-refractivity contribution in [2.45, 2.75) is 45.1 Å². The van der Waals surface area contributed by atoms with E-state index in [1.165, 1.54) is 11.8 Å². The van der Waals surface area contributed by atoms with Crippen LogP contribution in [0, 0.1) is 13.8 Å². The zero-order chi connectivity index (χ0) is 16.6. The molecule has 0 radical (unpaired) electrons. The minimum Gasteiger partial charge on any atom is -0.372 e. The van der Waals surface area contributed by atoms with Crippen molar-refractivity contribution in [1.82, 2.24) is 24.5 Å². The Kier molecular flexibility index (Phi) is 4.54. The number of amides is 1. The molecule has 3 rings (SSSR count). The number of ether oxygens (including phenoxy) is 1. The van der Waals surface area contributed by atoms with Gasteiger partial charge in [-0.25, -0.2) is 4.98 Å². The smallest absolute Gasteiger partial charge is 0.256 e. The average Bonchev–Trinajstić information content (AvgIpc) is 2.86. The first-order chi connectivity index (χ1) is 10.9. The second-order valence-corrected chi connectivity index (χ2v) is 6.94. The van der Waals surface area contributed by atoms with Crippen molar-refractivity contribution in [2.24, 2.45) is 0 Å². The van der Waals surface area contributed by atoms with E-state index in [1.54, 1.807) is 0 Å². The number of carbonyl (C=O) groups is 1. The molecule has 3 heterocycles. The monoisotopic (exact) mass is 335 g/mol. The molecule has 0 bridgehead atoms. The Labute approximate surface area is 139 Å². The molecular formula is C15H21N5O2S. The number of carbonyl (C=O) groups excluding carboxylic acids is 1. The third kappa shape index (κ3) is 3.48. The second-order valence-electron chi connectivity index (χ2n) is 6.00. The Morgan fingerprint density at radius 2 is 2.00 bits per heavy atom. The number of morpholine rings is 1. The molecule has 0 saturated carbocycles. The maximum Gasteiger partial charge on any atom is 0.256 e. The van der Waals surface area contributed by atoms with Crippen LogP contribution in [0.15, 0.2) is 11.2 Å². The molecule has 2 aromatic heterocycles. The van der Waals surface area contributed by atoms with Crippen molar-refractivity contribution in [3.8, 4) is 0 Å². The number of nitrogens with zero attached hydrogens (tertiary/aromatic N) is 5. The first kappa shape index (κ1) is 16.2. The molecule has 0 unspecified atom stereocenters. The van der Waals surface area contributed by atoms with Crippen molar-refractivity contribution in [3.05, 3.63) is 17.5 Å². The summed E-state index contributed by atoms with van der Waals surface area (Å²) in [4.78, 5) is 18.7. The standard InChI is InChI=1S/C15H21N5O2S/c1-9-5-10(2)20-14(16-9)17-18-15(20)23-8-13(21)19-6-11(3)22-12(4)7-19/h5,11-12H,6-8H2,1-4H3/t11-,12+. The Hall–Kier alpha value is -1.67. The highest BCUT2D eigenvalue weighted by Gasteiger charge is 2.26. The molecule has 1 aliphatic heterocycles. The quantitative estimate of drug-likeness (QED) is 0.791. The predicted octanol–water partition coefficient (Wildman–Crippen LogP) is 1.47. The van der Waals surface area contributed by atoms with Gasteiger partial charge < -0.3 is 9.64 Å². The van der Waals surface area contributed by atoms with Gasteiger partial charge in [0, 0.05) is 24.5 Å². The second kappa shape index (κ2) is 6.45. The summed E-state index contributed by atoms with van der Waals surface area (Å²) in [5.74, 6) is 1.02. The molecule has 1 amide bonds. The summed E-state index contributed by atoms with van der Waals surface area (Å²) < 4.78 is 7.55. The fraction of sp³-hybridized carbons (Fsp3) is 0.600. The van der Waals surface area contributed by atoms with E-state index in [2.05, 4.69) is 15.2 Å². The van der Waals surface area contributed by atoms with Crippen LogP contribution < -0.4 is 0 Å². The van der Waals surface area contributed by atoms with E-state index in [4.69, 9.17) is 4.74 Å². The maximum absolute atomic E-state index is 12.4. The molecule has 1 aliphatic rings. The number of thioether (sulfide) groups is 1. The average molecular weight is 335 g/mol. The van der Waals surface area contributed by atoms with Gasteiger partial charge in [0.25, 0.3) is 5.78 Å². The molecule has 0 aliphatic carbocycles. The number of fused-ring (bicyclic) bond motifs is 1. The molecule has 23 heavy (non-hydrogen) atoms. The molecule has 0 N–H and O–H groups in total. The van der Waals surface area contributed by atoms with Gasteiger partial charge in [-0.3, -0.25) is 9.20 Å². The van der Waals surface area contributed by atoms with Crippen LogP contribution in [0.1, 0.15) is 25.2 Å². The Morgan fingerprint density at radius 3 is 2.70 bits per heavy atom. The van der Waals surface area contributed by atoms with Gasteiger partial charge in [-0.1, -0.05) is 11.8 Å². The minimum atomic E-state index is 0.0797. The van der Waals surface area contributed by atoms with Gasteiger partial charge in [0.2, 0.25) is 5.91 Å². The van der Waals surface area contributed by atoms with E-state index in [0.29, 0.717) is 29.8 Å². The van der Waals surface area contributed by atoms with E-state index in [9.17, 15) is 4.79 Å². The van der Waals surface area contributed by atoms with Crippen LogP contribution in [0.25, 0.3) is 5.78 Å². The Bertz CT molecular complexity index is 722. The third-order valence-electron chi connectivity index (χ3n) is 3.76.